The van der Waals surface area contributed by atoms with Gasteiger partial charge in [0.05, 0.1) is 5.25 Å². The molecule has 1 aromatic carbocycles. The van der Waals surface area contributed by atoms with Crippen molar-refractivity contribution in [2.75, 3.05) is 13.1 Å². The zero-order chi connectivity index (χ0) is 16.9. The molecule has 6 heteroatoms. The molecule has 0 saturated carbocycles. The van der Waals surface area contributed by atoms with Crippen LogP contribution < -0.4 is 0 Å². The van der Waals surface area contributed by atoms with Crippen molar-refractivity contribution in [3.05, 3.63) is 42.2 Å². The number of benzene rings is 1. The van der Waals surface area contributed by atoms with Crippen molar-refractivity contribution in [1.82, 2.24) is 19.7 Å². The summed E-state index contributed by atoms with van der Waals surface area (Å²) in [4.78, 5) is 14.8. The van der Waals surface area contributed by atoms with Crippen LogP contribution in [0.3, 0.4) is 0 Å². The average Bonchev–Trinajstić information content (AvgIpc) is 2.87. The number of hydrogen-bond donors (Lipinski definition) is 0. The Balaban J connectivity index is 1.59. The predicted octanol–water partition coefficient (Wildman–Crippen LogP) is 3.09. The van der Waals surface area contributed by atoms with Crippen molar-refractivity contribution in [2.24, 2.45) is 7.05 Å². The first kappa shape index (κ1) is 17.0. The van der Waals surface area contributed by atoms with E-state index in [4.69, 9.17) is 0 Å². The second-order valence-electron chi connectivity index (χ2n) is 6.35. The van der Waals surface area contributed by atoms with E-state index in [9.17, 15) is 4.79 Å². The first-order valence-corrected chi connectivity index (χ1v) is 9.37. The molecule has 1 aliphatic rings. The Morgan fingerprint density at radius 1 is 1.25 bits per heavy atom. The molecule has 1 fully saturated rings. The summed E-state index contributed by atoms with van der Waals surface area (Å²) >= 11 is 1.48. The Kier molecular flexibility index (Phi) is 5.56. The lowest BCUT2D eigenvalue weighted by Gasteiger charge is -2.24. The second-order valence-corrected chi connectivity index (χ2v) is 7.66. The van der Waals surface area contributed by atoms with Crippen LogP contribution in [-0.2, 0) is 11.8 Å². The molecule has 1 aliphatic heterocycles. The maximum atomic E-state index is 12.8. The molecule has 2 atom stereocenters. The molecule has 0 unspecified atom stereocenters. The van der Waals surface area contributed by atoms with Crippen LogP contribution in [0.25, 0.3) is 0 Å². The number of rotatable bonds is 4. The maximum absolute atomic E-state index is 12.8. The fourth-order valence-corrected chi connectivity index (χ4v) is 4.09. The molecule has 0 radical (unpaired) electrons. The van der Waals surface area contributed by atoms with Gasteiger partial charge in [-0.3, -0.25) is 4.79 Å². The molecule has 2 aromatic rings. The van der Waals surface area contributed by atoms with Crippen LogP contribution in [0, 0.1) is 0 Å². The normalized spacial score (nSPS) is 19.8. The minimum Gasteiger partial charge on any atom is -0.342 e. The summed E-state index contributed by atoms with van der Waals surface area (Å²) in [6, 6.07) is 10.7. The number of aromatic nitrogens is 3. The largest absolute Gasteiger partial charge is 0.342 e. The third kappa shape index (κ3) is 3.98. The molecule has 2 heterocycles. The number of hydrogen-bond acceptors (Lipinski definition) is 4. The summed E-state index contributed by atoms with van der Waals surface area (Å²) in [5.41, 5.74) is 1.40. The second kappa shape index (κ2) is 7.83. The topological polar surface area (TPSA) is 51.0 Å². The van der Waals surface area contributed by atoms with Gasteiger partial charge < -0.3 is 9.47 Å². The van der Waals surface area contributed by atoms with Gasteiger partial charge in [-0.2, -0.15) is 0 Å². The highest BCUT2D eigenvalue weighted by Crippen LogP contribution is 2.29. The van der Waals surface area contributed by atoms with Gasteiger partial charge in [0.25, 0.3) is 0 Å². The summed E-state index contributed by atoms with van der Waals surface area (Å²) in [7, 11) is 1.90. The van der Waals surface area contributed by atoms with Gasteiger partial charge in [-0.15, -0.1) is 10.2 Å². The molecule has 1 amide bonds. The summed E-state index contributed by atoms with van der Waals surface area (Å²) < 4.78 is 1.85. The summed E-state index contributed by atoms with van der Waals surface area (Å²) in [6.07, 6.45) is 4.91. The van der Waals surface area contributed by atoms with Gasteiger partial charge in [0.1, 0.15) is 6.33 Å². The highest BCUT2D eigenvalue weighted by Gasteiger charge is 2.26. The quantitative estimate of drug-likeness (QED) is 0.800. The lowest BCUT2D eigenvalue weighted by molar-refractivity contribution is -0.130. The molecule has 1 aromatic heterocycles. The van der Waals surface area contributed by atoms with E-state index in [2.05, 4.69) is 40.5 Å². The van der Waals surface area contributed by atoms with E-state index in [1.54, 1.807) is 6.33 Å². The third-order valence-electron chi connectivity index (χ3n) is 4.61. The highest BCUT2D eigenvalue weighted by atomic mass is 32.2. The molecule has 0 spiro atoms. The number of thioether (sulfide) groups is 1. The number of nitrogens with zero attached hydrogens (tertiary/aromatic N) is 4. The monoisotopic (exact) mass is 344 g/mol. The molecular weight excluding hydrogens is 320 g/mol. The number of carbonyl (C=O) groups excluding carboxylic acids is 1. The van der Waals surface area contributed by atoms with Crippen molar-refractivity contribution >= 4 is 17.7 Å². The van der Waals surface area contributed by atoms with Crippen LogP contribution in [0.2, 0.25) is 0 Å². The van der Waals surface area contributed by atoms with E-state index in [-0.39, 0.29) is 11.2 Å². The van der Waals surface area contributed by atoms with Crippen molar-refractivity contribution in [3.63, 3.8) is 0 Å². The smallest absolute Gasteiger partial charge is 0.235 e. The van der Waals surface area contributed by atoms with Crippen LogP contribution in [0.4, 0.5) is 0 Å². The van der Waals surface area contributed by atoms with E-state index in [1.165, 1.54) is 17.3 Å². The van der Waals surface area contributed by atoms with E-state index < -0.39 is 0 Å². The zero-order valence-electron chi connectivity index (χ0n) is 14.3. The predicted molar refractivity (Wildman–Crippen MR) is 95.9 cm³/mol. The summed E-state index contributed by atoms with van der Waals surface area (Å²) in [5.74, 6) is 0.766. The van der Waals surface area contributed by atoms with Gasteiger partial charge in [-0.05, 0) is 37.7 Å². The minimum atomic E-state index is -0.138. The Labute approximate surface area is 147 Å². The fraction of sp³-hybridized carbons (Fsp3) is 0.500. The molecule has 24 heavy (non-hydrogen) atoms. The SMILES string of the molecule is C[C@@H](Sc1nncn1C)C(=O)N1CCC[C@@H](c2ccccc2)CC1. The number of amides is 1. The number of likely N-dealkylation sites (tertiary alicyclic amines) is 1. The van der Waals surface area contributed by atoms with Gasteiger partial charge >= 0.3 is 0 Å². The first-order chi connectivity index (χ1) is 11.6. The number of carbonyl (C=O) groups is 1. The van der Waals surface area contributed by atoms with Crippen molar-refractivity contribution in [3.8, 4) is 0 Å². The van der Waals surface area contributed by atoms with Gasteiger partial charge in [0, 0.05) is 20.1 Å². The van der Waals surface area contributed by atoms with Gasteiger partial charge in [0.15, 0.2) is 5.16 Å². The molecule has 1 saturated heterocycles. The Hall–Kier alpha value is -1.82. The third-order valence-corrected chi connectivity index (χ3v) is 5.75. The lowest BCUT2D eigenvalue weighted by Crippen LogP contribution is -2.37. The fourth-order valence-electron chi connectivity index (χ4n) is 3.22. The van der Waals surface area contributed by atoms with Crippen molar-refractivity contribution in [1.29, 1.82) is 0 Å². The molecule has 128 valence electrons. The Morgan fingerprint density at radius 2 is 2.04 bits per heavy atom. The van der Waals surface area contributed by atoms with Crippen LogP contribution in [0.15, 0.2) is 41.8 Å². The van der Waals surface area contributed by atoms with E-state index in [0.717, 1.165) is 37.5 Å². The summed E-state index contributed by atoms with van der Waals surface area (Å²) in [5, 5.41) is 8.58. The lowest BCUT2D eigenvalue weighted by atomic mass is 9.92. The first-order valence-electron chi connectivity index (χ1n) is 8.49. The van der Waals surface area contributed by atoms with Gasteiger partial charge in [0.2, 0.25) is 5.91 Å². The van der Waals surface area contributed by atoms with Crippen LogP contribution in [0.1, 0.15) is 37.7 Å². The highest BCUT2D eigenvalue weighted by molar-refractivity contribution is 8.00. The van der Waals surface area contributed by atoms with Crippen LogP contribution in [0.5, 0.6) is 0 Å². The molecular formula is C18H24N4OS. The maximum Gasteiger partial charge on any atom is 0.235 e. The van der Waals surface area contributed by atoms with E-state index >= 15 is 0 Å². The Bertz CT molecular complexity index is 673. The van der Waals surface area contributed by atoms with Gasteiger partial charge in [-0.1, -0.05) is 42.1 Å². The Morgan fingerprint density at radius 3 is 2.75 bits per heavy atom. The average molecular weight is 344 g/mol. The molecule has 5 nitrogen and oxygen atoms in total. The van der Waals surface area contributed by atoms with Crippen LogP contribution in [-0.4, -0.2) is 43.9 Å². The molecule has 3 rings (SSSR count). The summed E-state index contributed by atoms with van der Waals surface area (Å²) in [6.45, 7) is 3.65. The molecule has 0 aliphatic carbocycles. The van der Waals surface area contributed by atoms with Crippen molar-refractivity contribution < 1.29 is 4.79 Å². The van der Waals surface area contributed by atoms with Gasteiger partial charge in [-0.25, -0.2) is 0 Å². The zero-order valence-corrected chi connectivity index (χ0v) is 15.1. The van der Waals surface area contributed by atoms with Crippen molar-refractivity contribution in [2.45, 2.75) is 42.5 Å². The minimum absolute atomic E-state index is 0.138. The molecule has 0 N–H and O–H groups in total. The standard InChI is InChI=1S/C18H24N4OS/c1-14(24-18-20-19-13-21(18)2)17(23)22-11-6-9-16(10-12-22)15-7-4-3-5-8-15/h3-5,7-8,13-14,16H,6,9-12H2,1-2H3/t14-,16-/m1/s1. The number of aryl methyl sites for hydroxylation is 1. The van der Waals surface area contributed by atoms with E-state index in [0.29, 0.717) is 5.92 Å². The van der Waals surface area contributed by atoms with E-state index in [1.807, 2.05) is 23.4 Å². The molecule has 0 bridgehead atoms. The van der Waals surface area contributed by atoms with Crippen LogP contribution >= 0.6 is 11.8 Å².